The number of carbonyl (C=O) groups is 1. The summed E-state index contributed by atoms with van der Waals surface area (Å²) < 4.78 is 1.79. The summed E-state index contributed by atoms with van der Waals surface area (Å²) in [6, 6.07) is 0. The van der Waals surface area contributed by atoms with Gasteiger partial charge in [0.1, 0.15) is 0 Å². The first-order valence-electron chi connectivity index (χ1n) is 6.60. The van der Waals surface area contributed by atoms with Crippen molar-refractivity contribution in [1.29, 1.82) is 0 Å². The molecule has 6 nitrogen and oxygen atoms in total. The van der Waals surface area contributed by atoms with Gasteiger partial charge in [-0.05, 0) is 29.7 Å². The molecule has 0 unspecified atom stereocenters. The quantitative estimate of drug-likeness (QED) is 0.863. The van der Waals surface area contributed by atoms with E-state index in [1.54, 1.807) is 4.68 Å². The van der Waals surface area contributed by atoms with Crippen LogP contribution in [-0.2, 0) is 16.8 Å². The number of tetrazole rings is 1. The Kier molecular flexibility index (Phi) is 3.93. The number of aromatic nitrogens is 4. The minimum Gasteiger partial charge on any atom is -0.481 e. The fraction of sp³-hybridized carbons (Fsp3) is 0.833. The maximum Gasteiger partial charge on any atom is 0.303 e. The summed E-state index contributed by atoms with van der Waals surface area (Å²) in [4.78, 5) is 10.5. The number of rotatable bonds is 5. The van der Waals surface area contributed by atoms with Gasteiger partial charge in [0.2, 0.25) is 0 Å². The topological polar surface area (TPSA) is 80.9 Å². The molecule has 0 spiro atoms. The largest absolute Gasteiger partial charge is 0.481 e. The molecule has 0 atom stereocenters. The second kappa shape index (κ2) is 5.46. The standard InChI is InChI=1S/C12H20N4O2/c1-12(7-3-2-4-8-12)11-13-14-15-16(11)9-5-6-10(17)18/h2-9H2,1H3,(H,17,18). The summed E-state index contributed by atoms with van der Waals surface area (Å²) in [5.74, 6) is 0.154. The highest BCUT2D eigenvalue weighted by Gasteiger charge is 2.33. The van der Waals surface area contributed by atoms with E-state index in [4.69, 9.17) is 5.11 Å². The Bertz CT molecular complexity index is 410. The van der Waals surface area contributed by atoms with E-state index in [0.717, 1.165) is 18.7 Å². The van der Waals surface area contributed by atoms with E-state index < -0.39 is 5.97 Å². The van der Waals surface area contributed by atoms with Crippen LogP contribution in [0.4, 0.5) is 0 Å². The maximum absolute atomic E-state index is 10.5. The number of carboxylic acid groups (broad SMARTS) is 1. The van der Waals surface area contributed by atoms with Crippen LogP contribution in [0.2, 0.25) is 0 Å². The van der Waals surface area contributed by atoms with Gasteiger partial charge in [0.25, 0.3) is 0 Å². The molecule has 1 aliphatic rings. The summed E-state index contributed by atoms with van der Waals surface area (Å²) in [7, 11) is 0. The predicted octanol–water partition coefficient (Wildman–Crippen LogP) is 1.76. The van der Waals surface area contributed by atoms with E-state index in [1.165, 1.54) is 19.3 Å². The molecule has 1 aromatic heterocycles. The van der Waals surface area contributed by atoms with Crippen molar-refractivity contribution >= 4 is 5.97 Å². The van der Waals surface area contributed by atoms with Crippen LogP contribution in [0.5, 0.6) is 0 Å². The average Bonchev–Trinajstić information content (AvgIpc) is 2.78. The Morgan fingerprint density at radius 2 is 2.11 bits per heavy atom. The molecule has 0 aliphatic heterocycles. The van der Waals surface area contributed by atoms with Crippen molar-refractivity contribution in [3.63, 3.8) is 0 Å². The molecule has 100 valence electrons. The van der Waals surface area contributed by atoms with Gasteiger partial charge in [-0.3, -0.25) is 4.79 Å². The van der Waals surface area contributed by atoms with Gasteiger partial charge in [0.15, 0.2) is 5.82 Å². The second-order valence-corrected chi connectivity index (χ2v) is 5.34. The molecule has 1 aromatic rings. The van der Waals surface area contributed by atoms with Crippen LogP contribution in [0.1, 0.15) is 57.7 Å². The van der Waals surface area contributed by atoms with Crippen LogP contribution in [0, 0.1) is 0 Å². The van der Waals surface area contributed by atoms with Crippen molar-refractivity contribution in [1.82, 2.24) is 20.2 Å². The lowest BCUT2D eigenvalue weighted by Crippen LogP contribution is -2.29. The van der Waals surface area contributed by atoms with Crippen molar-refractivity contribution in [3.8, 4) is 0 Å². The Morgan fingerprint density at radius 1 is 1.39 bits per heavy atom. The second-order valence-electron chi connectivity index (χ2n) is 5.34. The lowest BCUT2D eigenvalue weighted by atomic mass is 9.75. The van der Waals surface area contributed by atoms with E-state index >= 15 is 0 Å². The highest BCUT2D eigenvalue weighted by atomic mass is 16.4. The minimum absolute atomic E-state index is 0.0605. The lowest BCUT2D eigenvalue weighted by molar-refractivity contribution is -0.137. The highest BCUT2D eigenvalue weighted by molar-refractivity contribution is 5.66. The van der Waals surface area contributed by atoms with Crippen molar-refractivity contribution in [2.75, 3.05) is 0 Å². The third-order valence-electron chi connectivity index (χ3n) is 3.79. The van der Waals surface area contributed by atoms with Crippen molar-refractivity contribution in [2.24, 2.45) is 0 Å². The average molecular weight is 252 g/mol. The van der Waals surface area contributed by atoms with Gasteiger partial charge in [-0.25, -0.2) is 4.68 Å². The molecule has 0 aromatic carbocycles. The smallest absolute Gasteiger partial charge is 0.303 e. The van der Waals surface area contributed by atoms with Crippen LogP contribution in [-0.4, -0.2) is 31.3 Å². The monoisotopic (exact) mass is 252 g/mol. The number of aryl methyl sites for hydroxylation is 1. The molecule has 1 aliphatic carbocycles. The van der Waals surface area contributed by atoms with Gasteiger partial charge in [0, 0.05) is 18.4 Å². The zero-order valence-corrected chi connectivity index (χ0v) is 10.8. The lowest BCUT2D eigenvalue weighted by Gasteiger charge is -2.32. The maximum atomic E-state index is 10.5. The van der Waals surface area contributed by atoms with Gasteiger partial charge in [-0.1, -0.05) is 26.2 Å². The summed E-state index contributed by atoms with van der Waals surface area (Å²) in [5.41, 5.74) is 0.0605. The predicted molar refractivity (Wildman–Crippen MR) is 65.1 cm³/mol. The van der Waals surface area contributed by atoms with E-state index in [2.05, 4.69) is 22.4 Å². The fourth-order valence-electron chi connectivity index (χ4n) is 2.72. The Balaban J connectivity index is 2.04. The van der Waals surface area contributed by atoms with E-state index in [9.17, 15) is 4.79 Å². The molecule has 0 radical (unpaired) electrons. The first-order chi connectivity index (χ1) is 8.62. The number of carboxylic acids is 1. The molecule has 1 fully saturated rings. The van der Waals surface area contributed by atoms with E-state index in [-0.39, 0.29) is 11.8 Å². The first-order valence-corrected chi connectivity index (χ1v) is 6.60. The zero-order valence-electron chi connectivity index (χ0n) is 10.8. The van der Waals surface area contributed by atoms with Crippen molar-refractivity contribution in [2.45, 2.75) is 63.8 Å². The van der Waals surface area contributed by atoms with Gasteiger partial charge in [0.05, 0.1) is 0 Å². The van der Waals surface area contributed by atoms with Crippen LogP contribution in [0.3, 0.4) is 0 Å². The van der Waals surface area contributed by atoms with Crippen molar-refractivity contribution < 1.29 is 9.90 Å². The molecule has 2 rings (SSSR count). The summed E-state index contributed by atoms with van der Waals surface area (Å²) >= 11 is 0. The van der Waals surface area contributed by atoms with Crippen LogP contribution in [0.15, 0.2) is 0 Å². The summed E-state index contributed by atoms with van der Waals surface area (Å²) in [6.45, 7) is 2.80. The molecule has 0 bridgehead atoms. The van der Waals surface area contributed by atoms with Gasteiger partial charge in [-0.2, -0.15) is 0 Å². The van der Waals surface area contributed by atoms with E-state index in [0.29, 0.717) is 13.0 Å². The molecule has 1 N–H and O–H groups in total. The third-order valence-corrected chi connectivity index (χ3v) is 3.79. The highest BCUT2D eigenvalue weighted by Crippen LogP contribution is 2.37. The number of aliphatic carboxylic acids is 1. The summed E-state index contributed by atoms with van der Waals surface area (Å²) in [6.07, 6.45) is 6.70. The van der Waals surface area contributed by atoms with Crippen molar-refractivity contribution in [3.05, 3.63) is 5.82 Å². The SMILES string of the molecule is CC1(c2nnnn2CCCC(=O)O)CCCCC1. The number of hydrogen-bond acceptors (Lipinski definition) is 4. The van der Waals surface area contributed by atoms with Gasteiger partial charge >= 0.3 is 5.97 Å². The van der Waals surface area contributed by atoms with Crippen LogP contribution in [0.25, 0.3) is 0 Å². The zero-order chi connectivity index (χ0) is 13.0. The van der Waals surface area contributed by atoms with Crippen LogP contribution < -0.4 is 0 Å². The molecule has 6 heteroatoms. The Morgan fingerprint density at radius 3 is 2.78 bits per heavy atom. The molecular weight excluding hydrogens is 232 g/mol. The normalized spacial score (nSPS) is 18.7. The van der Waals surface area contributed by atoms with E-state index in [1.807, 2.05) is 0 Å². The summed E-state index contributed by atoms with van der Waals surface area (Å²) in [5, 5.41) is 20.6. The molecule has 0 amide bonds. The Hall–Kier alpha value is -1.46. The van der Waals surface area contributed by atoms with Gasteiger partial charge in [-0.15, -0.1) is 5.10 Å². The molecular formula is C12H20N4O2. The fourth-order valence-corrected chi connectivity index (χ4v) is 2.72. The third kappa shape index (κ3) is 2.86. The number of hydrogen-bond donors (Lipinski definition) is 1. The molecule has 18 heavy (non-hydrogen) atoms. The number of nitrogens with zero attached hydrogens (tertiary/aromatic N) is 4. The molecule has 1 saturated carbocycles. The molecule has 1 heterocycles. The van der Waals surface area contributed by atoms with Crippen LogP contribution >= 0.6 is 0 Å². The molecule has 0 saturated heterocycles. The Labute approximate surface area is 106 Å². The first kappa shape index (κ1) is 13.0. The van der Waals surface area contributed by atoms with Gasteiger partial charge < -0.3 is 5.11 Å². The minimum atomic E-state index is -0.770.